The number of aryl methyl sites for hydroxylation is 1. The van der Waals surface area contributed by atoms with Crippen LogP contribution < -0.4 is 5.56 Å². The van der Waals surface area contributed by atoms with E-state index in [4.69, 9.17) is 0 Å². The van der Waals surface area contributed by atoms with E-state index in [1.165, 1.54) is 10.2 Å². The van der Waals surface area contributed by atoms with Gasteiger partial charge in [0.15, 0.2) is 0 Å². The van der Waals surface area contributed by atoms with Crippen LogP contribution in [0.5, 0.6) is 0 Å². The van der Waals surface area contributed by atoms with E-state index in [0.29, 0.717) is 18.5 Å². The highest BCUT2D eigenvalue weighted by molar-refractivity contribution is 7.16. The first kappa shape index (κ1) is 19.4. The van der Waals surface area contributed by atoms with Gasteiger partial charge in [-0.05, 0) is 29.0 Å². The van der Waals surface area contributed by atoms with Gasteiger partial charge in [-0.15, -0.1) is 11.3 Å². The van der Waals surface area contributed by atoms with Crippen molar-refractivity contribution in [3.8, 4) is 0 Å². The molecule has 29 heavy (non-hydrogen) atoms. The third-order valence-electron chi connectivity index (χ3n) is 5.30. The Morgan fingerprint density at radius 1 is 1.24 bits per heavy atom. The Hall–Kier alpha value is -2.93. The molecule has 0 saturated carbocycles. The van der Waals surface area contributed by atoms with Gasteiger partial charge >= 0.3 is 0 Å². The fourth-order valence-electron chi connectivity index (χ4n) is 3.68. The quantitative estimate of drug-likeness (QED) is 0.490. The lowest BCUT2D eigenvalue weighted by Crippen LogP contribution is -2.37. The molecule has 4 aromatic rings. The van der Waals surface area contributed by atoms with E-state index >= 15 is 0 Å². The number of hydrogen-bond acceptors (Lipinski definition) is 4. The monoisotopic (exact) mass is 408 g/mol. The van der Waals surface area contributed by atoms with Crippen molar-refractivity contribution in [3.63, 3.8) is 0 Å². The Morgan fingerprint density at radius 3 is 2.72 bits per heavy atom. The van der Waals surface area contributed by atoms with Crippen molar-refractivity contribution in [3.05, 3.63) is 69.6 Å². The number of amides is 1. The maximum atomic E-state index is 13.0. The zero-order valence-electron chi connectivity index (χ0n) is 16.8. The van der Waals surface area contributed by atoms with Gasteiger partial charge in [0.2, 0.25) is 5.91 Å². The summed E-state index contributed by atoms with van der Waals surface area (Å²) in [7, 11) is 1.78. The van der Waals surface area contributed by atoms with Crippen LogP contribution in [0.1, 0.15) is 31.2 Å². The summed E-state index contributed by atoms with van der Waals surface area (Å²) in [6, 6.07) is 14.0. The molecular weight excluding hydrogens is 384 g/mol. The van der Waals surface area contributed by atoms with Gasteiger partial charge < -0.3 is 4.90 Å². The van der Waals surface area contributed by atoms with Crippen LogP contribution in [-0.2, 0) is 17.8 Å². The number of benzene rings is 1. The largest absolute Gasteiger partial charge is 0.344 e. The second-order valence-electron chi connectivity index (χ2n) is 7.36. The number of thiophene rings is 1. The summed E-state index contributed by atoms with van der Waals surface area (Å²) < 4.78 is 3.23. The molecular formula is C22H24N4O2S. The molecule has 4 rings (SSSR count). The van der Waals surface area contributed by atoms with Gasteiger partial charge in [-0.1, -0.05) is 44.2 Å². The topological polar surface area (TPSA) is 59.6 Å². The molecule has 0 aliphatic carbocycles. The number of carbonyl (C=O) groups excluding carboxylic acids is 1. The molecule has 7 heteroatoms. The van der Waals surface area contributed by atoms with E-state index < -0.39 is 0 Å². The van der Waals surface area contributed by atoms with Crippen LogP contribution in [-0.4, -0.2) is 38.6 Å². The predicted octanol–water partition coefficient (Wildman–Crippen LogP) is 3.54. The Labute approximate surface area is 173 Å². The van der Waals surface area contributed by atoms with Crippen molar-refractivity contribution in [2.75, 3.05) is 13.6 Å². The third kappa shape index (κ3) is 3.58. The second kappa shape index (κ2) is 7.83. The standard InChI is InChI=1S/C22H24N4O2S/c1-4-19-23-25(21(28)18-12-17-10-11-29-22(17)26(18)19)14-20(27)24(3)13-15(2)16-8-6-5-7-9-16/h5-12,15H,4,13-14H2,1-3H3/t15-/m1/s1. The Morgan fingerprint density at radius 2 is 2.00 bits per heavy atom. The van der Waals surface area contributed by atoms with E-state index in [1.54, 1.807) is 23.3 Å². The molecule has 0 unspecified atom stereocenters. The molecule has 1 atom stereocenters. The SMILES string of the molecule is CCc1nn(CC(=O)N(C)C[C@@H](C)c2ccccc2)c(=O)c2cc3ccsc3n12. The van der Waals surface area contributed by atoms with Crippen molar-refractivity contribution < 1.29 is 4.79 Å². The Balaban J connectivity index is 1.59. The van der Waals surface area contributed by atoms with Crippen molar-refractivity contribution in [1.82, 2.24) is 19.1 Å². The lowest BCUT2D eigenvalue weighted by molar-refractivity contribution is -0.131. The molecule has 0 saturated heterocycles. The number of carbonyl (C=O) groups is 1. The first-order valence-corrected chi connectivity index (χ1v) is 10.6. The fourth-order valence-corrected chi connectivity index (χ4v) is 4.60. The lowest BCUT2D eigenvalue weighted by atomic mass is 10.0. The summed E-state index contributed by atoms with van der Waals surface area (Å²) in [5.74, 6) is 0.869. The third-order valence-corrected chi connectivity index (χ3v) is 6.22. The van der Waals surface area contributed by atoms with Crippen molar-refractivity contribution in [2.45, 2.75) is 32.7 Å². The highest BCUT2D eigenvalue weighted by atomic mass is 32.1. The normalized spacial score (nSPS) is 12.5. The summed E-state index contributed by atoms with van der Waals surface area (Å²) in [5.41, 5.74) is 1.53. The van der Waals surface area contributed by atoms with Gasteiger partial charge in [-0.3, -0.25) is 14.0 Å². The van der Waals surface area contributed by atoms with Crippen LogP contribution in [0.4, 0.5) is 0 Å². The number of likely N-dealkylation sites (N-methyl/N-ethyl adjacent to an activating group) is 1. The van der Waals surface area contributed by atoms with Crippen LogP contribution >= 0.6 is 11.3 Å². The van der Waals surface area contributed by atoms with Crippen molar-refractivity contribution in [2.24, 2.45) is 0 Å². The summed E-state index contributed by atoms with van der Waals surface area (Å²) in [4.78, 5) is 28.5. The number of aromatic nitrogens is 3. The molecule has 3 aromatic heterocycles. The van der Waals surface area contributed by atoms with Crippen LogP contribution in [0.25, 0.3) is 15.7 Å². The van der Waals surface area contributed by atoms with Crippen LogP contribution in [0.2, 0.25) is 0 Å². The van der Waals surface area contributed by atoms with Crippen molar-refractivity contribution in [1.29, 1.82) is 0 Å². The molecule has 0 aliphatic rings. The summed E-state index contributed by atoms with van der Waals surface area (Å²) >= 11 is 1.59. The van der Waals surface area contributed by atoms with E-state index in [-0.39, 0.29) is 23.9 Å². The molecule has 3 heterocycles. The number of rotatable bonds is 6. The number of fused-ring (bicyclic) bond motifs is 3. The van der Waals surface area contributed by atoms with Gasteiger partial charge in [-0.25, -0.2) is 4.68 Å². The van der Waals surface area contributed by atoms with Gasteiger partial charge in [-0.2, -0.15) is 5.10 Å². The summed E-state index contributed by atoms with van der Waals surface area (Å²) in [5, 5.41) is 7.54. The average molecular weight is 409 g/mol. The molecule has 0 fully saturated rings. The van der Waals surface area contributed by atoms with Crippen LogP contribution in [0.15, 0.2) is 52.6 Å². The minimum absolute atomic E-state index is 0.0564. The first-order valence-electron chi connectivity index (χ1n) is 9.77. The van der Waals surface area contributed by atoms with E-state index in [1.807, 2.05) is 47.0 Å². The molecule has 1 aromatic carbocycles. The Kier molecular flexibility index (Phi) is 5.24. The molecule has 0 bridgehead atoms. The minimum Gasteiger partial charge on any atom is -0.344 e. The number of nitrogens with zero attached hydrogens (tertiary/aromatic N) is 4. The molecule has 150 valence electrons. The fraction of sp³-hybridized carbons (Fsp3) is 0.318. The maximum absolute atomic E-state index is 13.0. The van der Waals surface area contributed by atoms with Gasteiger partial charge in [0.05, 0.1) is 0 Å². The zero-order valence-corrected chi connectivity index (χ0v) is 17.6. The van der Waals surface area contributed by atoms with E-state index in [2.05, 4.69) is 24.2 Å². The smallest absolute Gasteiger partial charge is 0.291 e. The van der Waals surface area contributed by atoms with E-state index in [0.717, 1.165) is 16.0 Å². The molecule has 0 N–H and O–H groups in total. The first-order chi connectivity index (χ1) is 14.0. The lowest BCUT2D eigenvalue weighted by Gasteiger charge is -2.22. The van der Waals surface area contributed by atoms with Crippen molar-refractivity contribution >= 4 is 33.0 Å². The highest BCUT2D eigenvalue weighted by Gasteiger charge is 2.19. The summed E-state index contributed by atoms with van der Waals surface area (Å²) in [6.45, 7) is 4.63. The van der Waals surface area contributed by atoms with Gasteiger partial charge in [0, 0.05) is 25.4 Å². The molecule has 0 spiro atoms. The molecule has 0 aliphatic heterocycles. The van der Waals surface area contributed by atoms with Gasteiger partial charge in [0.25, 0.3) is 5.56 Å². The van der Waals surface area contributed by atoms with Crippen LogP contribution in [0.3, 0.4) is 0 Å². The zero-order chi connectivity index (χ0) is 20.5. The molecule has 0 radical (unpaired) electrons. The van der Waals surface area contributed by atoms with Gasteiger partial charge in [0.1, 0.15) is 22.7 Å². The molecule has 6 nitrogen and oxygen atoms in total. The molecule has 1 amide bonds. The maximum Gasteiger partial charge on any atom is 0.291 e. The number of hydrogen-bond donors (Lipinski definition) is 0. The Bertz CT molecular complexity index is 1220. The van der Waals surface area contributed by atoms with Crippen LogP contribution in [0, 0.1) is 0 Å². The minimum atomic E-state index is -0.233. The predicted molar refractivity (Wildman–Crippen MR) is 117 cm³/mol. The second-order valence-corrected chi connectivity index (χ2v) is 8.26. The highest BCUT2D eigenvalue weighted by Crippen LogP contribution is 2.24. The van der Waals surface area contributed by atoms with E-state index in [9.17, 15) is 9.59 Å². The summed E-state index contributed by atoms with van der Waals surface area (Å²) in [6.07, 6.45) is 0.674. The average Bonchev–Trinajstić information content (AvgIpc) is 3.32.